The molecule has 8 heteroatoms. The maximum atomic E-state index is 12.7. The van der Waals surface area contributed by atoms with Gasteiger partial charge in [-0.1, -0.05) is 4.40 Å². The average Bonchev–Trinajstić information content (AvgIpc) is 2.86. The van der Waals surface area contributed by atoms with E-state index in [-0.39, 0.29) is 6.09 Å². The molecule has 154 valence electrons. The van der Waals surface area contributed by atoms with Gasteiger partial charge >= 0.3 is 6.09 Å². The van der Waals surface area contributed by atoms with Gasteiger partial charge in [0.05, 0.1) is 5.56 Å². The minimum absolute atomic E-state index is 0.326. The zero-order valence-corrected chi connectivity index (χ0v) is 18.3. The highest BCUT2D eigenvalue weighted by Gasteiger charge is 2.51. The first-order chi connectivity index (χ1) is 12.9. The fraction of sp³-hybridized carbons (Fsp3) is 0.650. The van der Waals surface area contributed by atoms with E-state index in [4.69, 9.17) is 9.47 Å². The summed E-state index contributed by atoms with van der Waals surface area (Å²) in [6, 6.07) is 3.72. The smallest absolute Gasteiger partial charge is 0.410 e. The number of carbonyl (C=O) groups excluding carboxylic acids is 1. The first-order valence-electron chi connectivity index (χ1n) is 9.55. The van der Waals surface area contributed by atoms with E-state index in [1.54, 1.807) is 11.1 Å². The SMILES string of the molecule is CC(C)(C)OC(=O)N1CCC2(CC1)Oc1ncccc1/C2=N\[S+]([O-])C(C)(C)C. The van der Waals surface area contributed by atoms with Gasteiger partial charge < -0.3 is 18.9 Å². The zero-order chi connectivity index (χ0) is 20.7. The van der Waals surface area contributed by atoms with Crippen LogP contribution in [0.5, 0.6) is 5.88 Å². The first-order valence-corrected chi connectivity index (χ1v) is 10.7. The van der Waals surface area contributed by atoms with Crippen LogP contribution < -0.4 is 4.74 Å². The molecule has 0 radical (unpaired) electrons. The molecule has 0 aliphatic carbocycles. The second-order valence-electron chi connectivity index (χ2n) is 9.22. The Morgan fingerprint density at radius 1 is 1.29 bits per heavy atom. The third-order valence-corrected chi connectivity index (χ3v) is 6.07. The van der Waals surface area contributed by atoms with Gasteiger partial charge in [0.2, 0.25) is 5.88 Å². The Hall–Kier alpha value is -1.80. The molecule has 3 rings (SSSR count). The van der Waals surface area contributed by atoms with Crippen LogP contribution in [-0.2, 0) is 16.1 Å². The van der Waals surface area contributed by atoms with Crippen LogP contribution in [0.2, 0.25) is 0 Å². The Morgan fingerprint density at radius 3 is 2.50 bits per heavy atom. The number of aromatic nitrogens is 1. The molecule has 2 aliphatic heterocycles. The van der Waals surface area contributed by atoms with E-state index in [0.29, 0.717) is 37.5 Å². The Morgan fingerprint density at radius 2 is 1.93 bits per heavy atom. The summed E-state index contributed by atoms with van der Waals surface area (Å²) in [5.41, 5.74) is 0.210. The summed E-state index contributed by atoms with van der Waals surface area (Å²) < 4.78 is 28.6. The molecular weight excluding hydrogens is 378 g/mol. The van der Waals surface area contributed by atoms with Gasteiger partial charge in [-0.05, 0) is 53.7 Å². The van der Waals surface area contributed by atoms with Crippen molar-refractivity contribution in [1.29, 1.82) is 0 Å². The molecule has 2 aliphatic rings. The van der Waals surface area contributed by atoms with Gasteiger partial charge in [0.1, 0.15) is 27.4 Å². The lowest BCUT2D eigenvalue weighted by Crippen LogP contribution is -2.53. The maximum Gasteiger partial charge on any atom is 0.410 e. The summed E-state index contributed by atoms with van der Waals surface area (Å²) in [5.74, 6) is 0.512. The summed E-state index contributed by atoms with van der Waals surface area (Å²) >= 11 is -1.42. The predicted octanol–water partition coefficient (Wildman–Crippen LogP) is 3.50. The number of likely N-dealkylation sites (tertiary alicyclic amines) is 1. The Labute approximate surface area is 169 Å². The van der Waals surface area contributed by atoms with Crippen LogP contribution in [-0.4, -0.2) is 55.3 Å². The average molecular weight is 408 g/mol. The van der Waals surface area contributed by atoms with Crippen LogP contribution >= 0.6 is 0 Å². The molecule has 1 fully saturated rings. The minimum atomic E-state index is -1.42. The number of nitrogens with zero attached hydrogens (tertiary/aromatic N) is 3. The highest BCUT2D eigenvalue weighted by Crippen LogP contribution is 2.41. The van der Waals surface area contributed by atoms with Gasteiger partial charge in [0.25, 0.3) is 0 Å². The highest BCUT2D eigenvalue weighted by atomic mass is 32.2. The summed E-state index contributed by atoms with van der Waals surface area (Å²) in [6.07, 6.45) is 2.44. The number of ether oxygens (including phenoxy) is 2. The molecule has 28 heavy (non-hydrogen) atoms. The second kappa shape index (κ2) is 7.22. The number of hydrogen-bond acceptors (Lipinski definition) is 6. The number of fused-ring (bicyclic) bond motifs is 1. The largest absolute Gasteiger partial charge is 0.591 e. The zero-order valence-electron chi connectivity index (χ0n) is 17.4. The molecule has 1 unspecified atom stereocenters. The molecule has 0 N–H and O–H groups in total. The van der Waals surface area contributed by atoms with Crippen molar-refractivity contribution in [3.8, 4) is 5.88 Å². The topological polar surface area (TPSA) is 87.1 Å². The fourth-order valence-electron chi connectivity index (χ4n) is 3.20. The Balaban J connectivity index is 1.85. The van der Waals surface area contributed by atoms with Crippen molar-refractivity contribution in [2.75, 3.05) is 13.1 Å². The van der Waals surface area contributed by atoms with E-state index >= 15 is 0 Å². The molecular formula is C20H29N3O4S. The van der Waals surface area contributed by atoms with Gasteiger partial charge in [-0.3, -0.25) is 0 Å². The molecule has 1 atom stereocenters. The van der Waals surface area contributed by atoms with Crippen LogP contribution in [0.25, 0.3) is 0 Å². The van der Waals surface area contributed by atoms with Crippen LogP contribution in [0.15, 0.2) is 22.7 Å². The van der Waals surface area contributed by atoms with E-state index in [9.17, 15) is 9.35 Å². The molecule has 0 bridgehead atoms. The van der Waals surface area contributed by atoms with E-state index in [0.717, 1.165) is 5.56 Å². The molecule has 0 aromatic carbocycles. The summed E-state index contributed by atoms with van der Waals surface area (Å²) in [4.78, 5) is 18.4. The van der Waals surface area contributed by atoms with Crippen molar-refractivity contribution in [2.24, 2.45) is 4.40 Å². The Bertz CT molecular complexity index is 774. The maximum absolute atomic E-state index is 12.7. The van der Waals surface area contributed by atoms with Crippen LogP contribution in [0.1, 0.15) is 59.9 Å². The molecule has 1 aromatic rings. The molecule has 1 spiro atoms. The van der Waals surface area contributed by atoms with Crippen molar-refractivity contribution in [3.63, 3.8) is 0 Å². The van der Waals surface area contributed by atoms with Crippen molar-refractivity contribution in [1.82, 2.24) is 9.88 Å². The van der Waals surface area contributed by atoms with Crippen LogP contribution in [0, 0.1) is 0 Å². The van der Waals surface area contributed by atoms with Gasteiger partial charge in [-0.25, -0.2) is 9.78 Å². The number of pyridine rings is 1. The molecule has 1 aromatic heterocycles. The first kappa shape index (κ1) is 20.9. The van der Waals surface area contributed by atoms with Crippen molar-refractivity contribution in [3.05, 3.63) is 23.9 Å². The van der Waals surface area contributed by atoms with E-state index in [2.05, 4.69) is 9.38 Å². The van der Waals surface area contributed by atoms with Gasteiger partial charge in [0.15, 0.2) is 5.60 Å². The third kappa shape index (κ3) is 4.27. The van der Waals surface area contributed by atoms with E-state index in [1.165, 1.54) is 0 Å². The molecule has 1 amide bonds. The summed E-state index contributed by atoms with van der Waals surface area (Å²) in [6.45, 7) is 12.2. The van der Waals surface area contributed by atoms with Crippen molar-refractivity contribution in [2.45, 2.75) is 70.3 Å². The van der Waals surface area contributed by atoms with Gasteiger partial charge in [0, 0.05) is 32.1 Å². The number of rotatable bonds is 1. The van der Waals surface area contributed by atoms with Crippen molar-refractivity contribution >= 4 is 23.2 Å². The lowest BCUT2D eigenvalue weighted by atomic mass is 9.85. The van der Waals surface area contributed by atoms with E-state index in [1.807, 2.05) is 53.7 Å². The fourth-order valence-corrected chi connectivity index (χ4v) is 3.90. The standard InChI is InChI=1S/C20H29N3O4S/c1-18(2,3)27-17(24)23-12-9-20(10-13-23)15(22-28(25)19(4,5)6)14-8-7-11-21-16(14)26-20/h7-8,11H,9-10,12-13H2,1-6H3/b22-15+. The monoisotopic (exact) mass is 407 g/mol. The molecule has 3 heterocycles. The highest BCUT2D eigenvalue weighted by molar-refractivity contribution is 7.91. The lowest BCUT2D eigenvalue weighted by molar-refractivity contribution is 0.00548. The molecule has 0 saturated carbocycles. The number of hydrogen-bond donors (Lipinski definition) is 0. The van der Waals surface area contributed by atoms with Crippen LogP contribution in [0.3, 0.4) is 0 Å². The Kier molecular flexibility index (Phi) is 5.40. The minimum Gasteiger partial charge on any atom is -0.591 e. The normalized spacial score (nSPS) is 21.4. The number of piperidine rings is 1. The second-order valence-corrected chi connectivity index (χ2v) is 11.1. The van der Waals surface area contributed by atoms with Gasteiger partial charge in [-0.15, -0.1) is 0 Å². The third-order valence-electron chi connectivity index (χ3n) is 4.67. The van der Waals surface area contributed by atoms with Gasteiger partial charge in [-0.2, -0.15) is 0 Å². The molecule has 1 saturated heterocycles. The lowest BCUT2D eigenvalue weighted by Gasteiger charge is -2.38. The van der Waals surface area contributed by atoms with E-state index < -0.39 is 27.3 Å². The molecule has 7 nitrogen and oxygen atoms in total. The number of amides is 1. The predicted molar refractivity (Wildman–Crippen MR) is 109 cm³/mol. The summed E-state index contributed by atoms with van der Waals surface area (Å²) in [5, 5.41) is 0. The quantitative estimate of drug-likeness (QED) is 0.665. The number of carbonyl (C=O) groups is 1. The summed E-state index contributed by atoms with van der Waals surface area (Å²) in [7, 11) is 0. The van der Waals surface area contributed by atoms with Crippen molar-refractivity contribution < 1.29 is 18.8 Å². The van der Waals surface area contributed by atoms with Crippen LogP contribution in [0.4, 0.5) is 4.79 Å².